The number of rotatable bonds is 5. The molecule has 3 aromatic carbocycles. The summed E-state index contributed by atoms with van der Waals surface area (Å²) in [6.45, 7) is 4.15. The van der Waals surface area contributed by atoms with Gasteiger partial charge in [-0.1, -0.05) is 12.1 Å². The second-order valence-corrected chi connectivity index (χ2v) is 8.22. The van der Waals surface area contributed by atoms with Gasteiger partial charge in [-0.15, -0.1) is 0 Å². The van der Waals surface area contributed by atoms with Gasteiger partial charge in [0.05, 0.1) is 31.8 Å². The lowest BCUT2D eigenvalue weighted by Gasteiger charge is -2.22. The number of nitrogens with zero attached hydrogens (tertiary/aromatic N) is 1. The molecule has 0 unspecified atom stereocenters. The number of aromatic nitrogens is 1. The normalized spacial score (nSPS) is 12.7. The van der Waals surface area contributed by atoms with Crippen LogP contribution >= 0.6 is 0 Å². The molecule has 1 aliphatic heterocycles. The van der Waals surface area contributed by atoms with Crippen LogP contribution < -0.4 is 4.74 Å². The maximum absolute atomic E-state index is 15.3. The van der Waals surface area contributed by atoms with E-state index >= 15 is 4.39 Å². The van der Waals surface area contributed by atoms with Gasteiger partial charge in [-0.05, 0) is 65.8 Å². The lowest BCUT2D eigenvalue weighted by Crippen LogP contribution is -2.11. The summed E-state index contributed by atoms with van der Waals surface area (Å²) in [7, 11) is 0. The van der Waals surface area contributed by atoms with Crippen LogP contribution in [0.25, 0.3) is 32.8 Å². The van der Waals surface area contributed by atoms with Crippen LogP contribution in [0, 0.1) is 12.7 Å². The van der Waals surface area contributed by atoms with Crippen LogP contribution in [-0.2, 0) is 29.0 Å². The highest BCUT2D eigenvalue weighted by molar-refractivity contribution is 6.08. The Hall–Kier alpha value is -3.51. The fourth-order valence-corrected chi connectivity index (χ4v) is 4.78. The van der Waals surface area contributed by atoms with Crippen LogP contribution in [0.5, 0.6) is 5.75 Å². The van der Waals surface area contributed by atoms with Gasteiger partial charge in [-0.3, -0.25) is 9.78 Å². The van der Waals surface area contributed by atoms with Gasteiger partial charge in [0.2, 0.25) is 0 Å². The molecule has 0 spiro atoms. The van der Waals surface area contributed by atoms with Gasteiger partial charge in [0.25, 0.3) is 0 Å². The van der Waals surface area contributed by atoms with Crippen molar-refractivity contribution in [2.45, 2.75) is 33.3 Å². The molecular formula is C27H24FNO4. The van der Waals surface area contributed by atoms with E-state index < -0.39 is 5.82 Å². The average molecular weight is 445 g/mol. The highest BCUT2D eigenvalue weighted by Crippen LogP contribution is 2.43. The second kappa shape index (κ2) is 8.45. The zero-order chi connectivity index (χ0) is 23.1. The van der Waals surface area contributed by atoms with Crippen molar-refractivity contribution in [3.63, 3.8) is 0 Å². The van der Waals surface area contributed by atoms with Gasteiger partial charge in [0.1, 0.15) is 11.6 Å². The van der Waals surface area contributed by atoms with Crippen molar-refractivity contribution in [1.82, 2.24) is 4.98 Å². The maximum atomic E-state index is 15.3. The van der Waals surface area contributed by atoms with E-state index in [2.05, 4.69) is 4.98 Å². The van der Waals surface area contributed by atoms with Gasteiger partial charge < -0.3 is 14.6 Å². The van der Waals surface area contributed by atoms with Gasteiger partial charge in [0.15, 0.2) is 0 Å². The molecule has 0 aliphatic carbocycles. The van der Waals surface area contributed by atoms with Crippen LogP contribution in [-0.4, -0.2) is 29.3 Å². The lowest BCUT2D eigenvalue weighted by molar-refractivity contribution is -0.142. The number of carbonyl (C=O) groups is 1. The zero-order valence-electron chi connectivity index (χ0n) is 18.6. The van der Waals surface area contributed by atoms with Crippen molar-refractivity contribution in [3.05, 3.63) is 70.7 Å². The van der Waals surface area contributed by atoms with E-state index in [0.717, 1.165) is 50.9 Å². The molecule has 5 nitrogen and oxygen atoms in total. The van der Waals surface area contributed by atoms with Crippen molar-refractivity contribution < 1.29 is 23.8 Å². The molecule has 2 heterocycles. The molecule has 168 valence electrons. The zero-order valence-corrected chi connectivity index (χ0v) is 18.6. The van der Waals surface area contributed by atoms with Crippen molar-refractivity contribution in [2.75, 3.05) is 13.2 Å². The molecule has 4 aromatic rings. The molecule has 1 aromatic heterocycles. The number of fused-ring (bicyclic) bond motifs is 1. The molecular weight excluding hydrogens is 421 g/mol. The Morgan fingerprint density at radius 3 is 2.85 bits per heavy atom. The smallest absolute Gasteiger partial charge is 0.310 e. The van der Waals surface area contributed by atoms with Gasteiger partial charge in [0, 0.05) is 34.5 Å². The fourth-order valence-electron chi connectivity index (χ4n) is 4.78. The summed E-state index contributed by atoms with van der Waals surface area (Å²) in [5, 5.41) is 11.6. The van der Waals surface area contributed by atoms with Crippen LogP contribution in [0.2, 0.25) is 0 Å². The molecule has 33 heavy (non-hydrogen) atoms. The van der Waals surface area contributed by atoms with Crippen LogP contribution in [0.4, 0.5) is 4.39 Å². The number of esters is 1. The number of aliphatic hydroxyl groups excluding tert-OH is 1. The monoisotopic (exact) mass is 445 g/mol. The highest BCUT2D eigenvalue weighted by Gasteiger charge is 2.23. The van der Waals surface area contributed by atoms with Crippen molar-refractivity contribution in [2.24, 2.45) is 0 Å². The molecule has 0 atom stereocenters. The molecule has 1 aliphatic rings. The second-order valence-electron chi connectivity index (χ2n) is 8.22. The fraction of sp³-hybridized carbons (Fsp3) is 0.259. The predicted molar refractivity (Wildman–Crippen MR) is 125 cm³/mol. The Kier molecular flexibility index (Phi) is 5.46. The van der Waals surface area contributed by atoms with Crippen LogP contribution in [0.15, 0.2) is 42.6 Å². The molecule has 5 rings (SSSR count). The number of pyridine rings is 1. The van der Waals surface area contributed by atoms with Crippen LogP contribution in [0.3, 0.4) is 0 Å². The molecule has 0 amide bonds. The molecule has 1 N–H and O–H groups in total. The van der Waals surface area contributed by atoms with E-state index in [4.69, 9.17) is 9.47 Å². The Morgan fingerprint density at radius 1 is 1.21 bits per heavy atom. The van der Waals surface area contributed by atoms with E-state index in [0.29, 0.717) is 17.4 Å². The summed E-state index contributed by atoms with van der Waals surface area (Å²) < 4.78 is 26.4. The Morgan fingerprint density at radius 2 is 2.06 bits per heavy atom. The minimum absolute atomic E-state index is 0.0632. The number of ether oxygens (including phenoxy) is 2. The van der Waals surface area contributed by atoms with Gasteiger partial charge in [-0.25, -0.2) is 4.39 Å². The van der Waals surface area contributed by atoms with Crippen molar-refractivity contribution >= 4 is 27.6 Å². The predicted octanol–water partition coefficient (Wildman–Crippen LogP) is 5.04. The standard InChI is InChI=1S/C27H24FNO4/c1-3-32-23(31)13-20-15(2)12-21-18(5-4-17(14-30)26(21)28)25(20)19-6-7-22-24-16(9-11-33-22)8-10-29-27(19)24/h4-8,10,12,30H,3,9,11,13-14H2,1-2H3. The van der Waals surface area contributed by atoms with E-state index in [1.54, 1.807) is 31.3 Å². The van der Waals surface area contributed by atoms with E-state index in [-0.39, 0.29) is 31.2 Å². The quantitative estimate of drug-likeness (QED) is 0.436. The van der Waals surface area contributed by atoms with Crippen molar-refractivity contribution in [3.8, 4) is 16.9 Å². The summed E-state index contributed by atoms with van der Waals surface area (Å²) in [5.41, 5.74) is 5.25. The average Bonchev–Trinajstić information content (AvgIpc) is 2.82. The third kappa shape index (κ3) is 3.51. The Balaban J connectivity index is 1.88. The number of benzene rings is 3. The number of hydrogen-bond donors (Lipinski definition) is 1. The number of aryl methyl sites for hydroxylation is 1. The van der Waals surface area contributed by atoms with E-state index in [9.17, 15) is 9.90 Å². The summed E-state index contributed by atoms with van der Waals surface area (Å²) in [6.07, 6.45) is 2.63. The number of carbonyl (C=O) groups excluding carboxylic acids is 1. The largest absolute Gasteiger partial charge is 0.493 e. The summed E-state index contributed by atoms with van der Waals surface area (Å²) in [4.78, 5) is 17.2. The first kappa shape index (κ1) is 21.3. The molecule has 0 fully saturated rings. The number of aliphatic hydroxyl groups is 1. The molecule has 0 saturated carbocycles. The van der Waals surface area contributed by atoms with E-state index in [1.165, 1.54) is 0 Å². The molecule has 6 heteroatoms. The molecule has 0 saturated heterocycles. The molecule has 0 radical (unpaired) electrons. The highest BCUT2D eigenvalue weighted by atomic mass is 19.1. The first-order valence-corrected chi connectivity index (χ1v) is 11.1. The summed E-state index contributed by atoms with van der Waals surface area (Å²) >= 11 is 0. The lowest BCUT2D eigenvalue weighted by atomic mass is 9.86. The third-order valence-electron chi connectivity index (χ3n) is 6.30. The van der Waals surface area contributed by atoms with Gasteiger partial charge >= 0.3 is 5.97 Å². The first-order chi connectivity index (χ1) is 16.0. The van der Waals surface area contributed by atoms with E-state index in [1.807, 2.05) is 25.1 Å². The SMILES string of the molecule is CCOC(=O)Cc1c(C)cc2c(F)c(CO)ccc2c1-c1ccc2c3c(ccnc13)CCO2. The Bertz CT molecular complexity index is 1400. The number of halogens is 1. The summed E-state index contributed by atoms with van der Waals surface area (Å²) in [5.74, 6) is -0.0190. The van der Waals surface area contributed by atoms with Gasteiger partial charge in [-0.2, -0.15) is 0 Å². The minimum Gasteiger partial charge on any atom is -0.493 e. The van der Waals surface area contributed by atoms with Crippen molar-refractivity contribution in [1.29, 1.82) is 0 Å². The first-order valence-electron chi connectivity index (χ1n) is 11.1. The summed E-state index contributed by atoms with van der Waals surface area (Å²) in [6, 6.07) is 11.0. The minimum atomic E-state index is -0.457. The third-order valence-corrected chi connectivity index (χ3v) is 6.30. The van der Waals surface area contributed by atoms with Crippen LogP contribution in [0.1, 0.15) is 29.2 Å². The Labute approximate surface area is 190 Å². The maximum Gasteiger partial charge on any atom is 0.310 e. The topological polar surface area (TPSA) is 68.7 Å². The number of hydrogen-bond acceptors (Lipinski definition) is 5. The molecule has 0 bridgehead atoms.